The highest BCUT2D eigenvalue weighted by Gasteiger charge is 2.31. The Balaban J connectivity index is 1.17. The zero-order valence-electron chi connectivity index (χ0n) is 27.0. The van der Waals surface area contributed by atoms with E-state index < -0.39 is 11.9 Å². The molecule has 0 unspecified atom stereocenters. The number of fused-ring (bicyclic) bond motifs is 1. The Labute approximate surface area is 284 Å². The van der Waals surface area contributed by atoms with E-state index in [9.17, 15) is 19.2 Å². The van der Waals surface area contributed by atoms with Gasteiger partial charge in [0.1, 0.15) is 17.4 Å². The minimum atomic E-state index is -0.913. The molecule has 2 aliphatic rings. The van der Waals surface area contributed by atoms with Crippen LogP contribution in [0.2, 0.25) is 5.02 Å². The SMILES string of the molecule is CCOc1ccc2oc(C(=O)N[C@H](Cc3ccc(Cl)cc3)C(=O)N3CCN(c4ccccc4CN4CCCCC4=O)CC3)cc(=O)c2c1. The number of ether oxygens (including phenoxy) is 1. The normalized spacial score (nSPS) is 15.8. The Kier molecular flexibility index (Phi) is 10.3. The zero-order chi connectivity index (χ0) is 33.6. The predicted molar refractivity (Wildman–Crippen MR) is 185 cm³/mol. The van der Waals surface area contributed by atoms with Crippen LogP contribution < -0.4 is 20.4 Å². The first-order valence-corrected chi connectivity index (χ1v) is 16.8. The molecule has 0 aliphatic carbocycles. The van der Waals surface area contributed by atoms with Crippen LogP contribution in [-0.4, -0.2) is 72.9 Å². The fraction of sp³-hybridized carbons (Fsp3) is 0.351. The summed E-state index contributed by atoms with van der Waals surface area (Å²) < 4.78 is 11.3. The van der Waals surface area contributed by atoms with Crippen molar-refractivity contribution in [2.24, 2.45) is 0 Å². The number of nitrogens with zero attached hydrogens (tertiary/aromatic N) is 3. The second-order valence-corrected chi connectivity index (χ2v) is 12.6. The van der Waals surface area contributed by atoms with Crippen LogP contribution in [-0.2, 0) is 22.6 Å². The van der Waals surface area contributed by atoms with Gasteiger partial charge in [-0.2, -0.15) is 0 Å². The number of carbonyl (C=O) groups is 3. The highest BCUT2D eigenvalue weighted by Crippen LogP contribution is 2.26. The lowest BCUT2D eigenvalue weighted by atomic mass is 10.0. The molecule has 10 nitrogen and oxygen atoms in total. The third-order valence-electron chi connectivity index (χ3n) is 8.90. The van der Waals surface area contributed by atoms with Crippen molar-refractivity contribution in [3.8, 4) is 5.75 Å². The zero-order valence-corrected chi connectivity index (χ0v) is 27.7. The van der Waals surface area contributed by atoms with E-state index in [0.717, 1.165) is 42.3 Å². The molecule has 11 heteroatoms. The van der Waals surface area contributed by atoms with E-state index >= 15 is 0 Å². The lowest BCUT2D eigenvalue weighted by Crippen LogP contribution is -2.55. The topological polar surface area (TPSA) is 112 Å². The number of piperazine rings is 1. The van der Waals surface area contributed by atoms with Gasteiger partial charge in [-0.1, -0.05) is 41.9 Å². The van der Waals surface area contributed by atoms with Gasteiger partial charge < -0.3 is 29.2 Å². The molecule has 6 rings (SSSR count). The summed E-state index contributed by atoms with van der Waals surface area (Å²) in [6, 6.07) is 20.3. The van der Waals surface area contributed by atoms with E-state index in [1.54, 1.807) is 35.2 Å². The van der Waals surface area contributed by atoms with Gasteiger partial charge >= 0.3 is 0 Å². The average molecular weight is 671 g/mol. The fourth-order valence-corrected chi connectivity index (χ4v) is 6.49. The van der Waals surface area contributed by atoms with Crippen molar-refractivity contribution >= 4 is 46.0 Å². The molecule has 1 aromatic heterocycles. The van der Waals surface area contributed by atoms with Gasteiger partial charge in [-0.05, 0) is 67.3 Å². The van der Waals surface area contributed by atoms with Gasteiger partial charge in [0.2, 0.25) is 11.8 Å². The number of rotatable bonds is 10. The average Bonchev–Trinajstić information content (AvgIpc) is 3.10. The van der Waals surface area contributed by atoms with E-state index in [4.69, 9.17) is 20.8 Å². The van der Waals surface area contributed by atoms with Gasteiger partial charge in [-0.3, -0.25) is 19.2 Å². The molecule has 3 aromatic carbocycles. The first kappa shape index (κ1) is 33.1. The molecule has 2 fully saturated rings. The van der Waals surface area contributed by atoms with Gasteiger partial charge in [0.05, 0.1) is 12.0 Å². The predicted octanol–water partition coefficient (Wildman–Crippen LogP) is 5.05. The Morgan fingerprint density at radius 2 is 1.71 bits per heavy atom. The van der Waals surface area contributed by atoms with Crippen LogP contribution in [0.5, 0.6) is 5.75 Å². The Morgan fingerprint density at radius 1 is 0.938 bits per heavy atom. The van der Waals surface area contributed by atoms with Crippen LogP contribution in [0, 0.1) is 0 Å². The smallest absolute Gasteiger partial charge is 0.287 e. The maximum Gasteiger partial charge on any atom is 0.287 e. The fourth-order valence-electron chi connectivity index (χ4n) is 6.37. The van der Waals surface area contributed by atoms with Gasteiger partial charge in [-0.15, -0.1) is 0 Å². The summed E-state index contributed by atoms with van der Waals surface area (Å²) in [5, 5.41) is 3.71. The van der Waals surface area contributed by atoms with Crippen molar-refractivity contribution < 1.29 is 23.5 Å². The molecule has 0 saturated carbocycles. The summed E-state index contributed by atoms with van der Waals surface area (Å²) in [6.45, 7) is 5.75. The highest BCUT2D eigenvalue weighted by molar-refractivity contribution is 6.30. The molecule has 2 saturated heterocycles. The van der Waals surface area contributed by atoms with Crippen LogP contribution in [0.15, 0.2) is 82.0 Å². The maximum atomic E-state index is 14.0. The monoisotopic (exact) mass is 670 g/mol. The van der Waals surface area contributed by atoms with Crippen molar-refractivity contribution in [2.75, 3.05) is 44.2 Å². The lowest BCUT2D eigenvalue weighted by molar-refractivity contribution is -0.134. The van der Waals surface area contributed by atoms with Crippen LogP contribution in [0.3, 0.4) is 0 Å². The summed E-state index contributed by atoms with van der Waals surface area (Å²) in [5.74, 6) is -0.341. The minimum Gasteiger partial charge on any atom is -0.494 e. The van der Waals surface area contributed by atoms with Gasteiger partial charge in [0, 0.05) is 68.9 Å². The molecule has 250 valence electrons. The van der Waals surface area contributed by atoms with Crippen molar-refractivity contribution in [3.63, 3.8) is 0 Å². The first-order chi connectivity index (χ1) is 23.3. The quantitative estimate of drug-likeness (QED) is 0.251. The number of hydrogen-bond donors (Lipinski definition) is 1. The molecule has 4 aromatic rings. The van der Waals surface area contributed by atoms with Crippen molar-refractivity contribution in [3.05, 3.63) is 105 Å². The van der Waals surface area contributed by atoms with Crippen LogP contribution >= 0.6 is 11.6 Å². The Morgan fingerprint density at radius 3 is 2.46 bits per heavy atom. The highest BCUT2D eigenvalue weighted by atomic mass is 35.5. The summed E-state index contributed by atoms with van der Waals surface area (Å²) >= 11 is 6.10. The van der Waals surface area contributed by atoms with E-state index in [1.165, 1.54) is 0 Å². The minimum absolute atomic E-state index is 0.181. The molecule has 3 amide bonds. The molecule has 0 bridgehead atoms. The Hall–Kier alpha value is -4.83. The number of halogens is 1. The summed E-state index contributed by atoms with van der Waals surface area (Å²) in [6.07, 6.45) is 2.78. The first-order valence-electron chi connectivity index (χ1n) is 16.4. The number of benzene rings is 3. The van der Waals surface area contributed by atoms with Gasteiger partial charge in [-0.25, -0.2) is 0 Å². The van der Waals surface area contributed by atoms with Crippen molar-refractivity contribution in [1.82, 2.24) is 15.1 Å². The number of para-hydroxylation sites is 1. The molecule has 1 atom stereocenters. The van der Waals surface area contributed by atoms with Crippen molar-refractivity contribution in [1.29, 1.82) is 0 Å². The molecule has 2 aliphatic heterocycles. The number of piperidine rings is 1. The van der Waals surface area contributed by atoms with Crippen LogP contribution in [0.25, 0.3) is 11.0 Å². The number of hydrogen-bond acceptors (Lipinski definition) is 7. The standard InChI is InChI=1S/C37H39ClN4O6/c1-2-47-28-14-15-33-29(22-28)32(43)23-34(48-33)36(45)39-30(21-25-10-12-27(38)13-11-25)37(46)41-19-17-40(18-20-41)31-8-4-3-7-26(31)24-42-16-6-5-9-35(42)44/h3-4,7-8,10-15,22-23,30H,2,5-6,9,16-21,24H2,1H3,(H,39,45)/t30-/m1/s1. The summed E-state index contributed by atoms with van der Waals surface area (Å²) in [4.78, 5) is 58.9. The van der Waals surface area contributed by atoms with Crippen molar-refractivity contribution in [2.45, 2.75) is 45.2 Å². The van der Waals surface area contributed by atoms with Gasteiger partial charge in [0.15, 0.2) is 11.2 Å². The van der Waals surface area contributed by atoms with Gasteiger partial charge in [0.25, 0.3) is 5.91 Å². The van der Waals surface area contributed by atoms with Crippen LogP contribution in [0.4, 0.5) is 5.69 Å². The number of anilines is 1. The third-order valence-corrected chi connectivity index (χ3v) is 9.15. The summed E-state index contributed by atoms with van der Waals surface area (Å²) in [7, 11) is 0. The van der Waals surface area contributed by atoms with E-state index in [-0.39, 0.29) is 35.0 Å². The van der Waals surface area contributed by atoms with E-state index in [0.29, 0.717) is 61.9 Å². The molecular weight excluding hydrogens is 632 g/mol. The number of carbonyl (C=O) groups excluding carboxylic acids is 3. The Bertz CT molecular complexity index is 1850. The lowest BCUT2D eigenvalue weighted by Gasteiger charge is -2.39. The third kappa shape index (κ3) is 7.65. The molecule has 0 radical (unpaired) electrons. The van der Waals surface area contributed by atoms with E-state index in [1.807, 2.05) is 36.1 Å². The molecule has 48 heavy (non-hydrogen) atoms. The molecule has 1 N–H and O–H groups in total. The number of nitrogens with one attached hydrogen (secondary N) is 1. The van der Waals surface area contributed by atoms with E-state index in [2.05, 4.69) is 22.3 Å². The number of likely N-dealkylation sites (tertiary alicyclic amines) is 1. The second-order valence-electron chi connectivity index (χ2n) is 12.1. The molecular formula is C37H39ClN4O6. The summed E-state index contributed by atoms with van der Waals surface area (Å²) in [5.41, 5.74) is 2.84. The van der Waals surface area contributed by atoms with Crippen LogP contribution in [0.1, 0.15) is 47.9 Å². The number of amides is 3. The molecule has 3 heterocycles. The maximum absolute atomic E-state index is 14.0. The largest absolute Gasteiger partial charge is 0.494 e. The molecule has 0 spiro atoms. The second kappa shape index (κ2) is 14.9.